The predicted molar refractivity (Wildman–Crippen MR) is 53.1 cm³/mol. The predicted octanol–water partition coefficient (Wildman–Crippen LogP) is 2.19. The number of rotatable bonds is 2. The number of methoxy groups -OCH3 is 1. The third-order valence-electron chi connectivity index (χ3n) is 2.83. The first-order valence-corrected chi connectivity index (χ1v) is 5.07. The minimum absolute atomic E-state index is 0.00463. The maximum atomic E-state index is 13.6. The Kier molecular flexibility index (Phi) is 3.05. The third kappa shape index (κ3) is 1.75. The van der Waals surface area contributed by atoms with E-state index < -0.39 is 17.5 Å². The molecule has 0 aromatic heterocycles. The number of nitrogens with one attached hydrogen (secondary N) is 1. The summed E-state index contributed by atoms with van der Waals surface area (Å²) in [6.45, 7) is 1.22. The lowest BCUT2D eigenvalue weighted by atomic mass is 9.96. The summed E-state index contributed by atoms with van der Waals surface area (Å²) in [7, 11) is 1.25. The van der Waals surface area contributed by atoms with Gasteiger partial charge in [0.1, 0.15) is 0 Å². The molecule has 0 spiro atoms. The fourth-order valence-corrected chi connectivity index (χ4v) is 2.07. The number of hydrogen-bond donors (Lipinski definition) is 1. The molecule has 0 bridgehead atoms. The van der Waals surface area contributed by atoms with Gasteiger partial charge in [-0.1, -0.05) is 0 Å². The fraction of sp³-hybridized carbons (Fsp3) is 0.455. The zero-order chi connectivity index (χ0) is 11.7. The van der Waals surface area contributed by atoms with Gasteiger partial charge in [0, 0.05) is 24.1 Å². The van der Waals surface area contributed by atoms with Gasteiger partial charge < -0.3 is 10.1 Å². The molecule has 5 heteroatoms. The monoisotopic (exact) mass is 231 g/mol. The van der Waals surface area contributed by atoms with E-state index in [0.717, 1.165) is 0 Å². The van der Waals surface area contributed by atoms with Crippen LogP contribution in [0.1, 0.15) is 17.9 Å². The van der Waals surface area contributed by atoms with Gasteiger partial charge >= 0.3 is 0 Å². The molecule has 1 unspecified atom stereocenters. The minimum atomic E-state index is -1.17. The molecule has 1 aliphatic rings. The van der Waals surface area contributed by atoms with Crippen molar-refractivity contribution in [2.45, 2.75) is 12.3 Å². The zero-order valence-electron chi connectivity index (χ0n) is 8.82. The van der Waals surface area contributed by atoms with Crippen LogP contribution < -0.4 is 10.1 Å². The lowest BCUT2D eigenvalue weighted by Gasteiger charge is -2.15. The number of hydrogen-bond acceptors (Lipinski definition) is 2. The van der Waals surface area contributed by atoms with E-state index >= 15 is 0 Å². The van der Waals surface area contributed by atoms with Gasteiger partial charge in [-0.05, 0) is 13.0 Å². The van der Waals surface area contributed by atoms with E-state index in [9.17, 15) is 13.2 Å². The lowest BCUT2D eigenvalue weighted by Crippen LogP contribution is -2.11. The van der Waals surface area contributed by atoms with Crippen LogP contribution in [-0.2, 0) is 0 Å². The average molecular weight is 231 g/mol. The summed E-state index contributed by atoms with van der Waals surface area (Å²) in [4.78, 5) is 0. The van der Waals surface area contributed by atoms with Crippen molar-refractivity contribution in [2.24, 2.45) is 0 Å². The Bertz CT molecular complexity index is 403. The normalized spacial score (nSPS) is 20.1. The molecule has 1 fully saturated rings. The second-order valence-corrected chi connectivity index (χ2v) is 3.79. The first-order chi connectivity index (χ1) is 7.65. The van der Waals surface area contributed by atoms with Crippen molar-refractivity contribution in [3.8, 4) is 5.75 Å². The average Bonchev–Trinajstić information content (AvgIpc) is 2.76. The molecule has 88 valence electrons. The maximum Gasteiger partial charge on any atom is 0.168 e. The molecule has 2 nitrogen and oxygen atoms in total. The van der Waals surface area contributed by atoms with Gasteiger partial charge in [0.15, 0.2) is 23.2 Å². The molecule has 1 aliphatic heterocycles. The van der Waals surface area contributed by atoms with E-state index in [2.05, 4.69) is 5.32 Å². The van der Waals surface area contributed by atoms with Crippen LogP contribution in [0.4, 0.5) is 13.2 Å². The van der Waals surface area contributed by atoms with E-state index in [-0.39, 0.29) is 17.2 Å². The Hall–Kier alpha value is -1.23. The second-order valence-electron chi connectivity index (χ2n) is 3.79. The summed E-state index contributed by atoms with van der Waals surface area (Å²) in [5.41, 5.74) is 0.00463. The van der Waals surface area contributed by atoms with Gasteiger partial charge in [0.25, 0.3) is 0 Å². The van der Waals surface area contributed by atoms with E-state index in [1.165, 1.54) is 7.11 Å². The molecular formula is C11H12F3NO. The molecule has 1 atom stereocenters. The zero-order valence-corrected chi connectivity index (χ0v) is 8.82. The van der Waals surface area contributed by atoms with Gasteiger partial charge in [0.05, 0.1) is 7.11 Å². The highest BCUT2D eigenvalue weighted by atomic mass is 19.2. The minimum Gasteiger partial charge on any atom is -0.493 e. The molecule has 16 heavy (non-hydrogen) atoms. The highest BCUT2D eigenvalue weighted by molar-refractivity contribution is 5.40. The molecular weight excluding hydrogens is 219 g/mol. The van der Waals surface area contributed by atoms with E-state index in [4.69, 9.17) is 4.74 Å². The highest BCUT2D eigenvalue weighted by Gasteiger charge is 2.28. The molecule has 0 amide bonds. The summed E-state index contributed by atoms with van der Waals surface area (Å²) in [6, 6.07) is 0.514. The standard InChI is InChI=1S/C11H12F3NO/c1-16-11-8(13)4-7(12)10(14)9(11)6-2-3-15-5-6/h4,6,15H,2-3,5H2,1H3. The number of ether oxygens (including phenoxy) is 1. The smallest absolute Gasteiger partial charge is 0.168 e. The summed E-state index contributed by atoms with van der Waals surface area (Å²) in [6.07, 6.45) is 0.649. The Morgan fingerprint density at radius 1 is 1.31 bits per heavy atom. The van der Waals surface area contributed by atoms with Crippen LogP contribution in [-0.4, -0.2) is 20.2 Å². The van der Waals surface area contributed by atoms with Crippen LogP contribution in [0.25, 0.3) is 0 Å². The fourth-order valence-electron chi connectivity index (χ4n) is 2.07. The molecule has 1 saturated heterocycles. The van der Waals surface area contributed by atoms with E-state index in [1.807, 2.05) is 0 Å². The summed E-state index contributed by atoms with van der Waals surface area (Å²) >= 11 is 0. The second kappa shape index (κ2) is 4.33. The molecule has 1 heterocycles. The Labute approximate surface area is 91.4 Å². The Morgan fingerprint density at radius 3 is 2.62 bits per heavy atom. The van der Waals surface area contributed by atoms with Crippen molar-refractivity contribution in [1.29, 1.82) is 0 Å². The SMILES string of the molecule is COc1c(F)cc(F)c(F)c1C1CCNC1. The highest BCUT2D eigenvalue weighted by Crippen LogP contribution is 2.36. The van der Waals surface area contributed by atoms with Crippen molar-refractivity contribution in [2.75, 3.05) is 20.2 Å². The molecule has 0 radical (unpaired) electrons. The van der Waals surface area contributed by atoms with E-state index in [0.29, 0.717) is 25.6 Å². The molecule has 1 aromatic carbocycles. The van der Waals surface area contributed by atoms with Gasteiger partial charge in [-0.2, -0.15) is 0 Å². The summed E-state index contributed by atoms with van der Waals surface area (Å²) in [5, 5.41) is 3.02. The van der Waals surface area contributed by atoms with Gasteiger partial charge in [-0.15, -0.1) is 0 Å². The molecule has 1 aromatic rings. The number of benzene rings is 1. The molecule has 1 N–H and O–H groups in total. The topological polar surface area (TPSA) is 21.3 Å². The van der Waals surface area contributed by atoms with Crippen LogP contribution in [0.5, 0.6) is 5.75 Å². The van der Waals surface area contributed by atoms with Crippen molar-refractivity contribution in [3.05, 3.63) is 29.1 Å². The molecule has 0 aliphatic carbocycles. The third-order valence-corrected chi connectivity index (χ3v) is 2.83. The lowest BCUT2D eigenvalue weighted by molar-refractivity contribution is 0.363. The largest absolute Gasteiger partial charge is 0.493 e. The van der Waals surface area contributed by atoms with Crippen LogP contribution in [0.2, 0.25) is 0 Å². The molecule has 0 saturated carbocycles. The van der Waals surface area contributed by atoms with E-state index in [1.54, 1.807) is 0 Å². The molecule has 2 rings (SSSR count). The Morgan fingerprint density at radius 2 is 2.06 bits per heavy atom. The first-order valence-electron chi connectivity index (χ1n) is 5.07. The van der Waals surface area contributed by atoms with Gasteiger partial charge in [-0.3, -0.25) is 0 Å². The van der Waals surface area contributed by atoms with Gasteiger partial charge in [0.2, 0.25) is 0 Å². The summed E-state index contributed by atoms with van der Waals surface area (Å²) in [5.74, 6) is -3.46. The van der Waals surface area contributed by atoms with Gasteiger partial charge in [-0.25, -0.2) is 13.2 Å². The van der Waals surface area contributed by atoms with Crippen LogP contribution >= 0.6 is 0 Å². The van der Waals surface area contributed by atoms with Crippen LogP contribution in [0.15, 0.2) is 6.07 Å². The van der Waals surface area contributed by atoms with Crippen LogP contribution in [0, 0.1) is 17.5 Å². The number of halogens is 3. The summed E-state index contributed by atoms with van der Waals surface area (Å²) < 4.78 is 45.0. The Balaban J connectivity index is 2.54. The van der Waals surface area contributed by atoms with Crippen LogP contribution in [0.3, 0.4) is 0 Å². The maximum absolute atomic E-state index is 13.6. The first kappa shape index (κ1) is 11.3. The quantitative estimate of drug-likeness (QED) is 0.788. The van der Waals surface area contributed by atoms with Crippen molar-refractivity contribution in [1.82, 2.24) is 5.32 Å². The van der Waals surface area contributed by atoms with Crippen molar-refractivity contribution >= 4 is 0 Å². The van der Waals surface area contributed by atoms with Crippen molar-refractivity contribution < 1.29 is 17.9 Å². The van der Waals surface area contributed by atoms with Crippen molar-refractivity contribution in [3.63, 3.8) is 0 Å².